The molecule has 0 radical (unpaired) electrons. The molecule has 0 saturated heterocycles. The molecule has 0 saturated carbocycles. The van der Waals surface area contributed by atoms with Gasteiger partial charge in [0.1, 0.15) is 0 Å². The maximum Gasteiger partial charge on any atom is 0.0527 e. The highest BCUT2D eigenvalue weighted by atomic mass is 14.7. The summed E-state index contributed by atoms with van der Waals surface area (Å²) < 4.78 is 0. The maximum absolute atomic E-state index is 3.95. The van der Waals surface area contributed by atoms with Crippen LogP contribution in [0.1, 0.15) is 19.8 Å². The summed E-state index contributed by atoms with van der Waals surface area (Å²) in [6.07, 6.45) is 2.28. The van der Waals surface area contributed by atoms with Crippen molar-refractivity contribution in [1.82, 2.24) is 0 Å². The van der Waals surface area contributed by atoms with Gasteiger partial charge in [0.15, 0.2) is 0 Å². The largest absolute Gasteiger partial charge is 0.243 e. The lowest BCUT2D eigenvalue weighted by atomic mass is 10.2. The quantitative estimate of drug-likeness (QED) is 0.466. The van der Waals surface area contributed by atoms with Gasteiger partial charge in [-0.05, 0) is 24.3 Å². The van der Waals surface area contributed by atoms with Gasteiger partial charge in [0.2, 0.25) is 0 Å². The maximum atomic E-state index is 3.95. The van der Waals surface area contributed by atoms with Crippen molar-refractivity contribution >= 4 is 5.87 Å². The zero-order valence-electron chi connectivity index (χ0n) is 4.57. The van der Waals surface area contributed by atoms with Gasteiger partial charge in [-0.15, -0.1) is 0 Å². The van der Waals surface area contributed by atoms with Crippen LogP contribution in [0.15, 0.2) is 10.6 Å². The molecular formula is C6H9N. The molecule has 0 aromatic heterocycles. The van der Waals surface area contributed by atoms with Crippen LogP contribution in [0.4, 0.5) is 0 Å². The van der Waals surface area contributed by atoms with E-state index in [1.165, 1.54) is 5.57 Å². The molecule has 0 aromatic carbocycles. The molecule has 1 nitrogen and oxygen atoms in total. The lowest BCUT2D eigenvalue weighted by Gasteiger charge is -1.85. The van der Waals surface area contributed by atoms with E-state index in [1.807, 2.05) is 0 Å². The van der Waals surface area contributed by atoms with E-state index in [9.17, 15) is 0 Å². The van der Waals surface area contributed by atoms with Gasteiger partial charge >= 0.3 is 0 Å². The fourth-order valence-corrected chi connectivity index (χ4v) is 0.670. The Morgan fingerprint density at radius 1 is 1.86 bits per heavy atom. The van der Waals surface area contributed by atoms with E-state index < -0.39 is 0 Å². The number of rotatable bonds is 1. The molecule has 0 atom stereocenters. The van der Waals surface area contributed by atoms with Crippen LogP contribution in [-0.4, -0.2) is 12.4 Å². The third kappa shape index (κ3) is 0.908. The monoisotopic (exact) mass is 95.1 g/mol. The SMILES string of the molecule is CCC1=C=NCC1. The summed E-state index contributed by atoms with van der Waals surface area (Å²) in [4.78, 5) is 3.95. The Hall–Kier alpha value is -0.550. The Morgan fingerprint density at radius 3 is 3.00 bits per heavy atom. The summed E-state index contributed by atoms with van der Waals surface area (Å²) in [6.45, 7) is 3.12. The summed E-state index contributed by atoms with van der Waals surface area (Å²) in [5.74, 6) is 2.95. The zero-order valence-corrected chi connectivity index (χ0v) is 4.57. The lowest BCUT2D eigenvalue weighted by Crippen LogP contribution is -1.76. The number of nitrogens with zero attached hydrogens (tertiary/aromatic N) is 1. The van der Waals surface area contributed by atoms with E-state index in [2.05, 4.69) is 17.8 Å². The van der Waals surface area contributed by atoms with Crippen molar-refractivity contribution in [3.63, 3.8) is 0 Å². The normalized spacial score (nSPS) is 17.6. The van der Waals surface area contributed by atoms with Crippen molar-refractivity contribution < 1.29 is 0 Å². The van der Waals surface area contributed by atoms with Crippen LogP contribution >= 0.6 is 0 Å². The van der Waals surface area contributed by atoms with E-state index >= 15 is 0 Å². The third-order valence-corrected chi connectivity index (χ3v) is 1.19. The minimum Gasteiger partial charge on any atom is -0.243 e. The molecule has 0 aromatic rings. The second-order valence-corrected chi connectivity index (χ2v) is 1.70. The van der Waals surface area contributed by atoms with Crippen molar-refractivity contribution in [3.05, 3.63) is 5.57 Å². The molecule has 0 amide bonds. The number of hydrogen-bond donors (Lipinski definition) is 0. The second-order valence-electron chi connectivity index (χ2n) is 1.70. The van der Waals surface area contributed by atoms with Crippen LogP contribution in [0.3, 0.4) is 0 Å². The average molecular weight is 95.1 g/mol. The van der Waals surface area contributed by atoms with Gasteiger partial charge in [0.05, 0.1) is 6.54 Å². The predicted molar refractivity (Wildman–Crippen MR) is 30.7 cm³/mol. The van der Waals surface area contributed by atoms with Crippen molar-refractivity contribution in [2.45, 2.75) is 19.8 Å². The molecule has 7 heavy (non-hydrogen) atoms. The minimum atomic E-state index is 0.975. The molecule has 0 unspecified atom stereocenters. The van der Waals surface area contributed by atoms with Gasteiger partial charge in [0, 0.05) is 0 Å². The topological polar surface area (TPSA) is 12.4 Å². The van der Waals surface area contributed by atoms with Gasteiger partial charge < -0.3 is 0 Å². The van der Waals surface area contributed by atoms with Gasteiger partial charge in [0.25, 0.3) is 0 Å². The molecular weight excluding hydrogens is 86.1 g/mol. The first-order valence-corrected chi connectivity index (χ1v) is 2.70. The zero-order chi connectivity index (χ0) is 5.11. The van der Waals surface area contributed by atoms with E-state index in [4.69, 9.17) is 0 Å². The number of hydrogen-bond acceptors (Lipinski definition) is 1. The summed E-state index contributed by atoms with van der Waals surface area (Å²) in [6, 6.07) is 0. The lowest BCUT2D eigenvalue weighted by molar-refractivity contribution is 0.945. The van der Waals surface area contributed by atoms with E-state index in [0.717, 1.165) is 19.4 Å². The van der Waals surface area contributed by atoms with Crippen LogP contribution in [0.5, 0.6) is 0 Å². The van der Waals surface area contributed by atoms with Gasteiger partial charge in [-0.2, -0.15) is 0 Å². The Morgan fingerprint density at radius 2 is 2.71 bits per heavy atom. The molecule has 0 fully saturated rings. The van der Waals surface area contributed by atoms with Crippen molar-refractivity contribution in [2.75, 3.05) is 6.54 Å². The van der Waals surface area contributed by atoms with Crippen molar-refractivity contribution in [1.29, 1.82) is 0 Å². The first-order valence-electron chi connectivity index (χ1n) is 2.70. The molecule has 0 aliphatic carbocycles. The highest BCUT2D eigenvalue weighted by Crippen LogP contribution is 2.05. The van der Waals surface area contributed by atoms with Crippen LogP contribution in [-0.2, 0) is 0 Å². The second kappa shape index (κ2) is 1.94. The fraction of sp³-hybridized carbons (Fsp3) is 0.667. The molecule has 1 heterocycles. The van der Waals surface area contributed by atoms with E-state index in [1.54, 1.807) is 0 Å². The van der Waals surface area contributed by atoms with Gasteiger partial charge in [-0.1, -0.05) is 6.92 Å². The molecule has 0 bridgehead atoms. The summed E-state index contributed by atoms with van der Waals surface area (Å²) in [5.41, 5.74) is 1.38. The number of aliphatic imine (C=N–C) groups is 1. The first kappa shape index (κ1) is 4.61. The molecule has 1 heteroatoms. The molecule has 0 spiro atoms. The fourth-order valence-electron chi connectivity index (χ4n) is 0.670. The Labute approximate surface area is 43.8 Å². The Kier molecular flexibility index (Phi) is 1.28. The summed E-state index contributed by atoms with van der Waals surface area (Å²) in [5, 5.41) is 0. The van der Waals surface area contributed by atoms with Crippen LogP contribution in [0.25, 0.3) is 0 Å². The van der Waals surface area contributed by atoms with Gasteiger partial charge in [-0.3, -0.25) is 0 Å². The van der Waals surface area contributed by atoms with E-state index in [0.29, 0.717) is 0 Å². The van der Waals surface area contributed by atoms with Crippen molar-refractivity contribution in [3.8, 4) is 0 Å². The molecule has 1 rings (SSSR count). The summed E-state index contributed by atoms with van der Waals surface area (Å²) in [7, 11) is 0. The molecule has 1 aliphatic rings. The smallest absolute Gasteiger partial charge is 0.0527 e. The Bertz CT molecular complexity index is 114. The molecule has 0 N–H and O–H groups in total. The van der Waals surface area contributed by atoms with Crippen molar-refractivity contribution in [2.24, 2.45) is 4.99 Å². The van der Waals surface area contributed by atoms with Crippen LogP contribution in [0, 0.1) is 0 Å². The predicted octanol–water partition coefficient (Wildman–Crippen LogP) is 1.40. The van der Waals surface area contributed by atoms with Gasteiger partial charge in [-0.25, -0.2) is 4.99 Å². The minimum absolute atomic E-state index is 0.975. The first-order chi connectivity index (χ1) is 3.43. The van der Waals surface area contributed by atoms with Crippen LogP contribution in [0.2, 0.25) is 0 Å². The molecule has 38 valence electrons. The van der Waals surface area contributed by atoms with Crippen LogP contribution < -0.4 is 0 Å². The highest BCUT2D eigenvalue weighted by molar-refractivity contribution is 5.60. The Balaban J connectivity index is 2.54. The third-order valence-electron chi connectivity index (χ3n) is 1.19. The standard InChI is InChI=1S/C6H9N/c1-2-6-3-4-7-5-6/h2-4H2,1H3. The van der Waals surface area contributed by atoms with E-state index in [-0.39, 0.29) is 0 Å². The summed E-state index contributed by atoms with van der Waals surface area (Å²) >= 11 is 0. The molecule has 1 aliphatic heterocycles. The highest BCUT2D eigenvalue weighted by Gasteiger charge is 1.95. The average Bonchev–Trinajstić information content (AvgIpc) is 2.14.